The lowest BCUT2D eigenvalue weighted by atomic mass is 10.2. The fourth-order valence-electron chi connectivity index (χ4n) is 1.76. The molecule has 2 rings (SSSR count). The smallest absolute Gasteiger partial charge is 0.247 e. The zero-order valence-electron chi connectivity index (χ0n) is 13.4. The molecule has 0 saturated heterocycles. The van der Waals surface area contributed by atoms with Crippen LogP contribution in [0.1, 0.15) is 30.3 Å². The van der Waals surface area contributed by atoms with Crippen LogP contribution < -0.4 is 10.7 Å². The van der Waals surface area contributed by atoms with Crippen LogP contribution in [-0.4, -0.2) is 38.4 Å². The molecule has 0 fully saturated rings. The molecule has 25 heavy (non-hydrogen) atoms. The number of nitrogens with one attached hydrogen (secondary N) is 2. The number of carbonyl (C=O) groups excluding carboxylic acids is 2. The van der Waals surface area contributed by atoms with E-state index in [0.29, 0.717) is 22.1 Å². The molecule has 0 spiro atoms. The SMILES string of the molecule is CCCC(=O)Nc1nnc(CC(=O)N/N=C\c2ccc(O)c(O)c2)s1. The molecule has 10 heteroatoms. The van der Waals surface area contributed by atoms with Crippen LogP contribution in [0, 0.1) is 0 Å². The number of nitrogens with zero attached hydrogens (tertiary/aromatic N) is 3. The second-order valence-corrected chi connectivity index (χ2v) is 6.08. The summed E-state index contributed by atoms with van der Waals surface area (Å²) in [7, 11) is 0. The maximum atomic E-state index is 11.8. The van der Waals surface area contributed by atoms with Gasteiger partial charge >= 0.3 is 0 Å². The number of phenolic OH excluding ortho intramolecular Hbond substituents is 2. The van der Waals surface area contributed by atoms with Crippen molar-refractivity contribution in [2.45, 2.75) is 26.2 Å². The molecule has 0 aliphatic heterocycles. The molecule has 132 valence electrons. The molecular weight excluding hydrogens is 346 g/mol. The van der Waals surface area contributed by atoms with Crippen molar-refractivity contribution in [3.8, 4) is 11.5 Å². The second kappa shape index (κ2) is 8.73. The van der Waals surface area contributed by atoms with E-state index < -0.39 is 5.91 Å². The first-order chi connectivity index (χ1) is 12.0. The van der Waals surface area contributed by atoms with E-state index in [-0.39, 0.29) is 23.8 Å². The normalized spacial score (nSPS) is 10.8. The molecular formula is C15H17N5O4S. The lowest BCUT2D eigenvalue weighted by Gasteiger charge is -1.99. The Labute approximate surface area is 147 Å². The van der Waals surface area contributed by atoms with Crippen molar-refractivity contribution in [1.82, 2.24) is 15.6 Å². The summed E-state index contributed by atoms with van der Waals surface area (Å²) in [6.07, 6.45) is 2.43. The molecule has 0 bridgehead atoms. The Morgan fingerprint density at radius 1 is 1.24 bits per heavy atom. The van der Waals surface area contributed by atoms with Crippen LogP contribution in [0.25, 0.3) is 0 Å². The van der Waals surface area contributed by atoms with Crippen molar-refractivity contribution in [2.24, 2.45) is 5.10 Å². The third kappa shape index (κ3) is 5.84. The van der Waals surface area contributed by atoms with Gasteiger partial charge in [0.05, 0.1) is 12.6 Å². The fraction of sp³-hybridized carbons (Fsp3) is 0.267. The minimum Gasteiger partial charge on any atom is -0.504 e. The van der Waals surface area contributed by atoms with Crippen molar-refractivity contribution < 1.29 is 19.8 Å². The van der Waals surface area contributed by atoms with Gasteiger partial charge in [-0.05, 0) is 30.2 Å². The minimum absolute atomic E-state index is 0.0283. The Kier molecular flexibility index (Phi) is 6.40. The van der Waals surface area contributed by atoms with Crippen LogP contribution in [0.2, 0.25) is 0 Å². The Morgan fingerprint density at radius 2 is 2.04 bits per heavy atom. The lowest BCUT2D eigenvalue weighted by molar-refractivity contribution is -0.120. The van der Waals surface area contributed by atoms with Crippen molar-refractivity contribution in [2.75, 3.05) is 5.32 Å². The minimum atomic E-state index is -0.401. The summed E-state index contributed by atoms with van der Waals surface area (Å²) < 4.78 is 0. The summed E-state index contributed by atoms with van der Waals surface area (Å²) in [5.41, 5.74) is 2.83. The molecule has 1 aromatic heterocycles. The number of aromatic nitrogens is 2. The predicted molar refractivity (Wildman–Crippen MR) is 92.7 cm³/mol. The maximum Gasteiger partial charge on any atom is 0.247 e. The average Bonchev–Trinajstić information content (AvgIpc) is 2.97. The van der Waals surface area contributed by atoms with Gasteiger partial charge in [-0.25, -0.2) is 5.43 Å². The highest BCUT2D eigenvalue weighted by molar-refractivity contribution is 7.15. The first-order valence-corrected chi connectivity index (χ1v) is 8.25. The number of anilines is 1. The Hall–Kier alpha value is -3.01. The second-order valence-electron chi connectivity index (χ2n) is 5.02. The van der Waals surface area contributed by atoms with E-state index >= 15 is 0 Å². The number of benzene rings is 1. The zero-order valence-corrected chi connectivity index (χ0v) is 14.2. The number of carbonyl (C=O) groups is 2. The first kappa shape index (κ1) is 18.3. The number of hydrogen-bond donors (Lipinski definition) is 4. The predicted octanol–water partition coefficient (Wildman–Crippen LogP) is 1.38. The maximum absolute atomic E-state index is 11.8. The Morgan fingerprint density at radius 3 is 2.76 bits per heavy atom. The summed E-state index contributed by atoms with van der Waals surface area (Å²) in [4.78, 5) is 23.3. The number of phenols is 2. The van der Waals surface area contributed by atoms with E-state index in [1.54, 1.807) is 0 Å². The highest BCUT2D eigenvalue weighted by atomic mass is 32.1. The van der Waals surface area contributed by atoms with Crippen LogP contribution >= 0.6 is 11.3 Å². The van der Waals surface area contributed by atoms with Gasteiger partial charge in [0.15, 0.2) is 11.5 Å². The molecule has 1 heterocycles. The first-order valence-electron chi connectivity index (χ1n) is 7.44. The topological polar surface area (TPSA) is 137 Å². The molecule has 4 N–H and O–H groups in total. The number of hydrazone groups is 1. The number of aromatic hydroxyl groups is 2. The van der Waals surface area contributed by atoms with Crippen LogP contribution in [0.4, 0.5) is 5.13 Å². The van der Waals surface area contributed by atoms with Gasteiger partial charge in [-0.3, -0.25) is 9.59 Å². The molecule has 0 unspecified atom stereocenters. The van der Waals surface area contributed by atoms with E-state index in [0.717, 1.165) is 17.8 Å². The van der Waals surface area contributed by atoms with E-state index in [4.69, 9.17) is 0 Å². The van der Waals surface area contributed by atoms with Crippen LogP contribution in [-0.2, 0) is 16.0 Å². The molecule has 0 atom stereocenters. The largest absolute Gasteiger partial charge is 0.504 e. The molecule has 2 amide bonds. The van der Waals surface area contributed by atoms with E-state index in [1.807, 2.05) is 6.92 Å². The Bertz CT molecular complexity index is 790. The van der Waals surface area contributed by atoms with Crippen LogP contribution in [0.3, 0.4) is 0 Å². The van der Waals surface area contributed by atoms with Gasteiger partial charge in [-0.15, -0.1) is 10.2 Å². The van der Waals surface area contributed by atoms with E-state index in [1.165, 1.54) is 24.4 Å². The summed E-state index contributed by atoms with van der Waals surface area (Å²) in [5, 5.41) is 33.4. The van der Waals surface area contributed by atoms with Gasteiger partial charge in [0, 0.05) is 6.42 Å². The van der Waals surface area contributed by atoms with Gasteiger partial charge in [0.1, 0.15) is 5.01 Å². The van der Waals surface area contributed by atoms with Gasteiger partial charge in [0.25, 0.3) is 0 Å². The van der Waals surface area contributed by atoms with Crippen LogP contribution in [0.15, 0.2) is 23.3 Å². The zero-order chi connectivity index (χ0) is 18.2. The van der Waals surface area contributed by atoms with E-state index in [2.05, 4.69) is 26.0 Å². The number of hydrogen-bond acceptors (Lipinski definition) is 8. The van der Waals surface area contributed by atoms with Gasteiger partial charge in [-0.1, -0.05) is 18.3 Å². The van der Waals surface area contributed by atoms with Crippen molar-refractivity contribution in [3.05, 3.63) is 28.8 Å². The number of amides is 2. The molecule has 9 nitrogen and oxygen atoms in total. The summed E-state index contributed by atoms with van der Waals surface area (Å²) in [6.45, 7) is 1.90. The third-order valence-electron chi connectivity index (χ3n) is 2.90. The summed E-state index contributed by atoms with van der Waals surface area (Å²) in [6, 6.07) is 4.15. The highest BCUT2D eigenvalue weighted by Gasteiger charge is 2.10. The lowest BCUT2D eigenvalue weighted by Crippen LogP contribution is -2.19. The molecule has 0 aliphatic carbocycles. The number of rotatable bonds is 7. The molecule has 1 aromatic carbocycles. The van der Waals surface area contributed by atoms with Gasteiger partial charge in [-0.2, -0.15) is 5.10 Å². The van der Waals surface area contributed by atoms with Crippen molar-refractivity contribution in [3.63, 3.8) is 0 Å². The Balaban J connectivity index is 1.83. The van der Waals surface area contributed by atoms with Gasteiger partial charge < -0.3 is 15.5 Å². The van der Waals surface area contributed by atoms with Crippen molar-refractivity contribution >= 4 is 34.5 Å². The highest BCUT2D eigenvalue weighted by Crippen LogP contribution is 2.23. The monoisotopic (exact) mass is 363 g/mol. The summed E-state index contributed by atoms with van der Waals surface area (Å²) >= 11 is 1.12. The van der Waals surface area contributed by atoms with E-state index in [9.17, 15) is 19.8 Å². The standard InChI is InChI=1S/C15H17N5O4S/c1-2-3-12(23)17-15-20-19-14(25-15)7-13(24)18-16-8-9-4-5-10(21)11(22)6-9/h4-6,8,21-22H,2-3,7H2,1H3,(H,18,24)(H,17,20,23)/b16-8-. The average molecular weight is 363 g/mol. The quantitative estimate of drug-likeness (QED) is 0.333. The van der Waals surface area contributed by atoms with Gasteiger partial charge in [0.2, 0.25) is 16.9 Å². The molecule has 0 saturated carbocycles. The van der Waals surface area contributed by atoms with Crippen molar-refractivity contribution in [1.29, 1.82) is 0 Å². The fourth-order valence-corrected chi connectivity index (χ4v) is 2.52. The third-order valence-corrected chi connectivity index (χ3v) is 3.74. The molecule has 0 radical (unpaired) electrons. The molecule has 0 aliphatic rings. The molecule has 2 aromatic rings. The summed E-state index contributed by atoms with van der Waals surface area (Å²) in [5.74, 6) is -1.06. The van der Waals surface area contributed by atoms with Crippen LogP contribution in [0.5, 0.6) is 11.5 Å².